The van der Waals surface area contributed by atoms with E-state index in [1.165, 1.54) is 4.90 Å². The fourth-order valence-corrected chi connectivity index (χ4v) is 7.34. The van der Waals surface area contributed by atoms with Crippen LogP contribution < -0.4 is 21.3 Å². The normalized spacial score (nSPS) is 12.0. The number of carbonyl (C=O) groups excluding carboxylic acids is 8. The van der Waals surface area contributed by atoms with Gasteiger partial charge in [0, 0.05) is 84.5 Å². The van der Waals surface area contributed by atoms with Crippen molar-refractivity contribution < 1.29 is 57.3 Å². The van der Waals surface area contributed by atoms with Gasteiger partial charge >= 0.3 is 24.4 Å². The molecule has 0 unspecified atom stereocenters. The number of amides is 7. The third kappa shape index (κ3) is 35.8. The molecule has 0 saturated heterocycles. The minimum absolute atomic E-state index is 0.0101. The van der Waals surface area contributed by atoms with E-state index in [9.17, 15) is 38.4 Å². The van der Waals surface area contributed by atoms with Gasteiger partial charge in [-0.05, 0) is 128 Å². The summed E-state index contributed by atoms with van der Waals surface area (Å²) in [6.07, 6.45) is 1.20. The predicted octanol–water partition coefficient (Wildman–Crippen LogP) is 6.17. The third-order valence-corrected chi connectivity index (χ3v) is 10.3. The van der Waals surface area contributed by atoms with E-state index in [0.717, 1.165) is 25.7 Å². The molecule has 0 aliphatic carbocycles. The van der Waals surface area contributed by atoms with Crippen molar-refractivity contribution in [1.29, 1.82) is 0 Å². The summed E-state index contributed by atoms with van der Waals surface area (Å²) >= 11 is 0. The van der Waals surface area contributed by atoms with Crippen molar-refractivity contribution in [2.45, 2.75) is 178 Å². The van der Waals surface area contributed by atoms with Gasteiger partial charge in [-0.2, -0.15) is 0 Å². The van der Waals surface area contributed by atoms with Gasteiger partial charge in [0.05, 0.1) is 26.2 Å². The van der Waals surface area contributed by atoms with Gasteiger partial charge in [0.2, 0.25) is 17.7 Å². The van der Waals surface area contributed by atoms with Gasteiger partial charge in [-0.3, -0.25) is 29.0 Å². The zero-order chi connectivity index (χ0) is 56.0. The number of hydrogen-bond donors (Lipinski definition) is 4. The second-order valence-electron chi connectivity index (χ2n) is 22.4. The van der Waals surface area contributed by atoms with E-state index in [1.807, 2.05) is 42.4 Å². The number of hydrogen-bond acceptors (Lipinski definition) is 14. The molecule has 0 fully saturated rings. The molecule has 0 atom stereocenters. The van der Waals surface area contributed by atoms with Crippen LogP contribution in [0, 0.1) is 5.92 Å². The molecule has 4 N–H and O–H groups in total. The Labute approximate surface area is 438 Å². The SMILES string of the molecule is CCCN(CCC)C(=O)CN(CCCN(CC(=O)C(CCNC(=O)OC(C)(C)C)CCNC(=O)OC(C)(C)C)CC(=O)N(CCNC(=O)OC(C)(C)C)CCNC(=O)OC(C)(C)C)CC(=O)N(CCC)CCC. The van der Waals surface area contributed by atoms with Crippen molar-refractivity contribution in [2.24, 2.45) is 5.92 Å². The van der Waals surface area contributed by atoms with E-state index in [1.54, 1.807) is 88.0 Å². The highest BCUT2D eigenvalue weighted by Gasteiger charge is 2.28. The van der Waals surface area contributed by atoms with Gasteiger partial charge in [-0.15, -0.1) is 0 Å². The maximum Gasteiger partial charge on any atom is 0.407 e. The molecule has 0 spiro atoms. The molecule has 0 aromatic carbocycles. The summed E-state index contributed by atoms with van der Waals surface area (Å²) in [5, 5.41) is 10.8. The lowest BCUT2D eigenvalue weighted by molar-refractivity contribution is -0.136. The van der Waals surface area contributed by atoms with E-state index in [4.69, 9.17) is 18.9 Å². The summed E-state index contributed by atoms with van der Waals surface area (Å²) in [5.41, 5.74) is -3.02. The molecule has 7 amide bonds. The summed E-state index contributed by atoms with van der Waals surface area (Å²) in [6.45, 7) is 31.5. The van der Waals surface area contributed by atoms with Crippen LogP contribution in [-0.4, -0.2) is 199 Å². The first-order valence-corrected chi connectivity index (χ1v) is 26.5. The number of nitrogens with zero attached hydrogens (tertiary/aromatic N) is 5. The van der Waals surface area contributed by atoms with Crippen molar-refractivity contribution >= 4 is 47.9 Å². The quantitative estimate of drug-likeness (QED) is 0.0538. The molecular formula is C52H99N9O12. The van der Waals surface area contributed by atoms with Crippen LogP contribution in [0.2, 0.25) is 0 Å². The number of ether oxygens (including phenoxy) is 4. The topological polar surface area (TPSA) is 238 Å². The monoisotopic (exact) mass is 1040 g/mol. The zero-order valence-electron chi connectivity index (χ0n) is 48.0. The smallest absolute Gasteiger partial charge is 0.407 e. The molecule has 0 rings (SSSR count). The molecule has 0 heterocycles. The van der Waals surface area contributed by atoms with Gasteiger partial charge in [-0.25, -0.2) is 19.2 Å². The summed E-state index contributed by atoms with van der Waals surface area (Å²) in [7, 11) is 0. The number of nitrogens with one attached hydrogen (secondary N) is 4. The molecule has 0 radical (unpaired) electrons. The van der Waals surface area contributed by atoms with Crippen LogP contribution in [0.25, 0.3) is 0 Å². The molecule has 0 aliphatic rings. The number of ketones is 1. The fourth-order valence-electron chi connectivity index (χ4n) is 7.34. The Morgan fingerprint density at radius 2 is 0.630 bits per heavy atom. The number of rotatable bonds is 33. The Kier molecular flexibility index (Phi) is 32.2. The van der Waals surface area contributed by atoms with Crippen LogP contribution in [0.1, 0.15) is 156 Å². The molecular weight excluding hydrogens is 943 g/mol. The lowest BCUT2D eigenvalue weighted by Gasteiger charge is -2.31. The van der Waals surface area contributed by atoms with E-state index >= 15 is 0 Å². The second-order valence-corrected chi connectivity index (χ2v) is 22.4. The van der Waals surface area contributed by atoms with Crippen molar-refractivity contribution in [1.82, 2.24) is 45.8 Å². The first kappa shape index (κ1) is 68.1. The molecule has 0 aromatic heterocycles. The Morgan fingerprint density at radius 3 is 0.904 bits per heavy atom. The van der Waals surface area contributed by atoms with Crippen molar-refractivity contribution in [2.75, 3.05) is 105 Å². The van der Waals surface area contributed by atoms with Crippen molar-refractivity contribution in [3.63, 3.8) is 0 Å². The lowest BCUT2D eigenvalue weighted by Crippen LogP contribution is -2.49. The zero-order valence-corrected chi connectivity index (χ0v) is 48.0. The molecule has 0 aromatic rings. The number of alkyl carbamates (subject to hydrolysis) is 4. The minimum Gasteiger partial charge on any atom is -0.444 e. The fraction of sp³-hybridized carbons (Fsp3) is 0.846. The summed E-state index contributed by atoms with van der Waals surface area (Å²) < 4.78 is 21.6. The second kappa shape index (κ2) is 34.5. The largest absolute Gasteiger partial charge is 0.444 e. The maximum atomic E-state index is 14.5. The van der Waals surface area contributed by atoms with Gasteiger partial charge in [0.15, 0.2) is 0 Å². The summed E-state index contributed by atoms with van der Waals surface area (Å²) in [6, 6.07) is 0. The molecule has 73 heavy (non-hydrogen) atoms. The minimum atomic E-state index is -0.760. The molecule has 0 bridgehead atoms. The highest BCUT2D eigenvalue weighted by Crippen LogP contribution is 2.15. The maximum absolute atomic E-state index is 14.5. The van der Waals surface area contributed by atoms with Crippen molar-refractivity contribution in [3.05, 3.63) is 0 Å². The van der Waals surface area contributed by atoms with Gasteiger partial charge in [0.25, 0.3) is 0 Å². The average Bonchev–Trinajstić information content (AvgIpc) is 3.22. The van der Waals surface area contributed by atoms with E-state index in [-0.39, 0.29) is 102 Å². The van der Waals surface area contributed by atoms with Gasteiger partial charge in [-0.1, -0.05) is 27.7 Å². The highest BCUT2D eigenvalue weighted by molar-refractivity contribution is 5.85. The molecule has 21 heteroatoms. The number of Topliss-reactive ketones (excluding diaryl/α,β-unsaturated/α-hetero) is 1. The van der Waals surface area contributed by atoms with Gasteiger partial charge < -0.3 is 54.9 Å². The van der Waals surface area contributed by atoms with Crippen LogP contribution in [0.4, 0.5) is 19.2 Å². The van der Waals surface area contributed by atoms with Crippen LogP contribution in [0.15, 0.2) is 0 Å². The highest BCUT2D eigenvalue weighted by atomic mass is 16.6. The van der Waals surface area contributed by atoms with Crippen LogP contribution in [0.3, 0.4) is 0 Å². The standard InChI is InChI=1S/C52H99N9O12/c1-17-28-59(29-18-2)42(63)38-58(39-43(64)60(30-19-3)31-20-4)33-21-32-57(36-41(62)40(22-24-53-45(66)70-49(5,6)7)23-25-54-46(67)71-50(8,9)10)37-44(65)61(34-26-55-47(68)72-51(11,12)13)35-27-56-48(69)73-52(14,15)16/h40H,17-39H2,1-16H3,(H,53,66)(H,54,67)(H,55,68)(H,56,69). The predicted molar refractivity (Wildman–Crippen MR) is 283 cm³/mol. The summed E-state index contributed by atoms with van der Waals surface area (Å²) in [4.78, 5) is 116. The van der Waals surface area contributed by atoms with Crippen LogP contribution in [0.5, 0.6) is 0 Å². The Balaban J connectivity index is 7.07. The van der Waals surface area contributed by atoms with Crippen molar-refractivity contribution in [3.8, 4) is 0 Å². The Morgan fingerprint density at radius 1 is 0.370 bits per heavy atom. The van der Waals surface area contributed by atoms with E-state index in [2.05, 4.69) is 21.3 Å². The average molecular weight is 1040 g/mol. The molecule has 424 valence electrons. The van der Waals surface area contributed by atoms with E-state index < -0.39 is 58.6 Å². The Bertz CT molecular complexity index is 1490. The molecule has 0 aliphatic heterocycles. The van der Waals surface area contributed by atoms with E-state index in [0.29, 0.717) is 39.1 Å². The van der Waals surface area contributed by atoms with Crippen LogP contribution >= 0.6 is 0 Å². The summed E-state index contributed by atoms with van der Waals surface area (Å²) in [5.74, 6) is -1.55. The Hall–Kier alpha value is -4.92. The first-order chi connectivity index (χ1) is 33.8. The third-order valence-electron chi connectivity index (χ3n) is 10.3. The molecule has 21 nitrogen and oxygen atoms in total. The lowest BCUT2D eigenvalue weighted by atomic mass is 9.95. The molecule has 0 saturated carbocycles. The van der Waals surface area contributed by atoms with Gasteiger partial charge in [0.1, 0.15) is 28.2 Å². The first-order valence-electron chi connectivity index (χ1n) is 26.5. The number of carbonyl (C=O) groups is 8. The van der Waals surface area contributed by atoms with Crippen LogP contribution in [-0.2, 0) is 38.1 Å².